The first-order valence-electron chi connectivity index (χ1n) is 10.7. The third-order valence-electron chi connectivity index (χ3n) is 5.72. The number of hydrogen-bond donors (Lipinski definition) is 1. The molecule has 1 amide bonds. The largest absolute Gasteiger partial charge is 0.408 e. The van der Waals surface area contributed by atoms with Gasteiger partial charge in [0.1, 0.15) is 17.7 Å². The quantitative estimate of drug-likeness (QED) is 0.582. The topological polar surface area (TPSA) is 71.0 Å². The molecule has 2 aromatic heterocycles. The van der Waals surface area contributed by atoms with Crippen molar-refractivity contribution in [1.82, 2.24) is 19.9 Å². The average molecular weight is 455 g/mol. The molecule has 0 radical (unpaired) electrons. The fourth-order valence-corrected chi connectivity index (χ4v) is 4.12. The number of halogens is 3. The summed E-state index contributed by atoms with van der Waals surface area (Å²) in [6.45, 7) is 3.06. The van der Waals surface area contributed by atoms with Gasteiger partial charge in [0.25, 0.3) is 0 Å². The van der Waals surface area contributed by atoms with E-state index in [0.29, 0.717) is 17.3 Å². The lowest BCUT2D eigenvalue weighted by Crippen LogP contribution is -2.52. The summed E-state index contributed by atoms with van der Waals surface area (Å²) in [5.74, 6) is -0.0964. The van der Waals surface area contributed by atoms with E-state index in [2.05, 4.69) is 20.3 Å². The van der Waals surface area contributed by atoms with E-state index in [4.69, 9.17) is 0 Å². The van der Waals surface area contributed by atoms with Crippen molar-refractivity contribution in [2.45, 2.75) is 44.8 Å². The van der Waals surface area contributed by atoms with Gasteiger partial charge in [-0.1, -0.05) is 12.1 Å². The summed E-state index contributed by atoms with van der Waals surface area (Å²) < 4.78 is 40.4. The van der Waals surface area contributed by atoms with Crippen molar-refractivity contribution < 1.29 is 18.0 Å². The second-order valence-corrected chi connectivity index (χ2v) is 8.24. The molecule has 4 rings (SSSR count). The highest BCUT2D eigenvalue weighted by Gasteiger charge is 2.47. The molecule has 172 valence electrons. The van der Waals surface area contributed by atoms with Crippen LogP contribution in [0.1, 0.15) is 37.1 Å². The predicted molar refractivity (Wildman–Crippen MR) is 119 cm³/mol. The number of alkyl halides is 3. The van der Waals surface area contributed by atoms with E-state index < -0.39 is 24.0 Å². The van der Waals surface area contributed by atoms with Crippen molar-refractivity contribution in [3.63, 3.8) is 0 Å². The van der Waals surface area contributed by atoms with Gasteiger partial charge in [-0.15, -0.1) is 0 Å². The Morgan fingerprint density at radius 3 is 2.61 bits per heavy atom. The second-order valence-electron chi connectivity index (χ2n) is 8.24. The van der Waals surface area contributed by atoms with Crippen molar-refractivity contribution in [3.05, 3.63) is 66.2 Å². The Balaban J connectivity index is 1.70. The lowest BCUT2D eigenvalue weighted by molar-refractivity contribution is -0.196. The molecule has 2 atom stereocenters. The Morgan fingerprint density at radius 1 is 1.12 bits per heavy atom. The summed E-state index contributed by atoms with van der Waals surface area (Å²) in [4.78, 5) is 26.3. The molecule has 9 heteroatoms. The monoisotopic (exact) mass is 455 g/mol. The Labute approximate surface area is 189 Å². The molecule has 0 bridgehead atoms. The first kappa shape index (κ1) is 22.7. The normalized spacial score (nSPS) is 18.8. The molecule has 3 heterocycles. The minimum absolute atomic E-state index is 0.0834. The summed E-state index contributed by atoms with van der Waals surface area (Å²) >= 11 is 0. The standard InChI is InChI=1S/C24H24F3N5O/c1-15-5-3-7-19(11-15)29-22-12-20(17-6-4-10-28-13-17)30-23(31-22)18-8-9-21(24(25,26)27)32(14-18)16(2)33/h3-7,10-13,18,21H,8-9,14H2,1-2H3,(H,29,30,31)/t18-,21-/m1/s1. The highest BCUT2D eigenvalue weighted by molar-refractivity contribution is 5.74. The van der Waals surface area contributed by atoms with E-state index in [9.17, 15) is 18.0 Å². The molecular formula is C24H24F3N5O. The van der Waals surface area contributed by atoms with Crippen LogP contribution < -0.4 is 5.32 Å². The number of piperidine rings is 1. The first-order chi connectivity index (χ1) is 15.7. The lowest BCUT2D eigenvalue weighted by atomic mass is 9.91. The minimum atomic E-state index is -4.47. The molecule has 1 aliphatic heterocycles. The summed E-state index contributed by atoms with van der Waals surface area (Å²) in [6, 6.07) is 11.4. The minimum Gasteiger partial charge on any atom is -0.340 e. The van der Waals surface area contributed by atoms with E-state index in [1.165, 1.54) is 6.92 Å². The number of hydrogen-bond acceptors (Lipinski definition) is 5. The summed E-state index contributed by atoms with van der Waals surface area (Å²) in [6.07, 6.45) is -1.10. The summed E-state index contributed by atoms with van der Waals surface area (Å²) in [5.41, 5.74) is 3.28. The number of nitrogens with one attached hydrogen (secondary N) is 1. The Bertz CT molecular complexity index is 1140. The van der Waals surface area contributed by atoms with Crippen LogP contribution in [0.25, 0.3) is 11.3 Å². The van der Waals surface area contributed by atoms with Gasteiger partial charge in [-0.2, -0.15) is 13.2 Å². The van der Waals surface area contributed by atoms with Crippen LogP contribution in [0.3, 0.4) is 0 Å². The fraction of sp³-hybridized carbons (Fsp3) is 0.333. The van der Waals surface area contributed by atoms with Crippen molar-refractivity contribution in [2.75, 3.05) is 11.9 Å². The van der Waals surface area contributed by atoms with Gasteiger partial charge in [0.15, 0.2) is 0 Å². The van der Waals surface area contributed by atoms with Gasteiger partial charge < -0.3 is 10.2 Å². The smallest absolute Gasteiger partial charge is 0.340 e. The number of pyridine rings is 1. The highest BCUT2D eigenvalue weighted by Crippen LogP contribution is 2.37. The number of benzene rings is 1. The van der Waals surface area contributed by atoms with Crippen LogP contribution in [-0.2, 0) is 4.79 Å². The van der Waals surface area contributed by atoms with Crippen LogP contribution in [0.4, 0.5) is 24.7 Å². The number of carbonyl (C=O) groups is 1. The third kappa shape index (κ3) is 5.30. The van der Waals surface area contributed by atoms with Crippen molar-refractivity contribution in [3.8, 4) is 11.3 Å². The molecule has 1 aliphatic rings. The molecule has 1 aromatic carbocycles. The number of nitrogens with zero attached hydrogens (tertiary/aromatic N) is 4. The van der Waals surface area contributed by atoms with Crippen LogP contribution in [-0.4, -0.2) is 44.5 Å². The van der Waals surface area contributed by atoms with E-state index in [0.717, 1.165) is 21.7 Å². The zero-order valence-electron chi connectivity index (χ0n) is 18.3. The van der Waals surface area contributed by atoms with Crippen LogP contribution >= 0.6 is 0 Å². The number of rotatable bonds is 4. The molecule has 0 unspecified atom stereocenters. The number of anilines is 2. The van der Waals surface area contributed by atoms with Crippen LogP contribution in [0.15, 0.2) is 54.9 Å². The van der Waals surface area contributed by atoms with Crippen molar-refractivity contribution >= 4 is 17.4 Å². The van der Waals surface area contributed by atoms with Crippen molar-refractivity contribution in [1.29, 1.82) is 0 Å². The van der Waals surface area contributed by atoms with E-state index in [1.807, 2.05) is 37.3 Å². The molecule has 1 fully saturated rings. The van der Waals surface area contributed by atoms with Gasteiger partial charge in [0.05, 0.1) is 5.69 Å². The zero-order valence-corrected chi connectivity index (χ0v) is 18.3. The van der Waals surface area contributed by atoms with E-state index in [-0.39, 0.29) is 19.4 Å². The van der Waals surface area contributed by atoms with Gasteiger partial charge in [-0.25, -0.2) is 9.97 Å². The fourth-order valence-electron chi connectivity index (χ4n) is 4.12. The summed E-state index contributed by atoms with van der Waals surface area (Å²) in [5, 5.41) is 3.27. The summed E-state index contributed by atoms with van der Waals surface area (Å²) in [7, 11) is 0. The molecule has 1 saturated heterocycles. The third-order valence-corrected chi connectivity index (χ3v) is 5.72. The zero-order chi connectivity index (χ0) is 23.6. The second kappa shape index (κ2) is 9.17. The first-order valence-corrected chi connectivity index (χ1v) is 10.7. The van der Waals surface area contributed by atoms with Gasteiger partial charge in [0, 0.05) is 49.1 Å². The predicted octanol–water partition coefficient (Wildman–Crippen LogP) is 5.25. The Morgan fingerprint density at radius 2 is 1.94 bits per heavy atom. The SMILES string of the molecule is CC(=O)N1C[C@H](c2nc(Nc3cccc(C)c3)cc(-c3cccnc3)n2)CC[C@@H]1C(F)(F)F. The van der Waals surface area contributed by atoms with Crippen LogP contribution in [0.5, 0.6) is 0 Å². The van der Waals surface area contributed by atoms with E-state index in [1.54, 1.807) is 24.5 Å². The molecule has 0 saturated carbocycles. The number of carbonyl (C=O) groups excluding carboxylic acids is 1. The maximum Gasteiger partial charge on any atom is 0.408 e. The van der Waals surface area contributed by atoms with Gasteiger partial charge >= 0.3 is 6.18 Å². The number of aromatic nitrogens is 3. The van der Waals surface area contributed by atoms with Gasteiger partial charge in [-0.3, -0.25) is 9.78 Å². The van der Waals surface area contributed by atoms with Crippen molar-refractivity contribution in [2.24, 2.45) is 0 Å². The van der Waals surface area contributed by atoms with Gasteiger partial charge in [-0.05, 0) is 49.6 Å². The van der Waals surface area contributed by atoms with Gasteiger partial charge in [0.2, 0.25) is 5.91 Å². The molecule has 3 aromatic rings. The lowest BCUT2D eigenvalue weighted by Gasteiger charge is -2.39. The highest BCUT2D eigenvalue weighted by atomic mass is 19.4. The molecule has 1 N–H and O–H groups in total. The number of amides is 1. The average Bonchev–Trinajstić information content (AvgIpc) is 2.78. The Kier molecular flexibility index (Phi) is 6.31. The molecular weight excluding hydrogens is 431 g/mol. The number of aryl methyl sites for hydroxylation is 1. The maximum atomic E-state index is 13.5. The van der Waals surface area contributed by atoms with E-state index >= 15 is 0 Å². The molecule has 0 spiro atoms. The maximum absolute atomic E-state index is 13.5. The Hall–Kier alpha value is -3.49. The van der Waals surface area contributed by atoms with Crippen LogP contribution in [0.2, 0.25) is 0 Å². The molecule has 6 nitrogen and oxygen atoms in total. The number of likely N-dealkylation sites (tertiary alicyclic amines) is 1. The molecule has 33 heavy (non-hydrogen) atoms. The molecule has 0 aliphatic carbocycles. The van der Waals surface area contributed by atoms with Crippen LogP contribution in [0, 0.1) is 6.92 Å².